The molecule has 0 fully saturated rings. The highest BCUT2D eigenvalue weighted by Crippen LogP contribution is 2.34. The molecule has 0 aromatic heterocycles. The highest BCUT2D eigenvalue weighted by Gasteiger charge is 2.35. The molecule has 0 unspecified atom stereocenters. The maximum atomic E-state index is 14.0. The molecule has 25 heavy (non-hydrogen) atoms. The molecule has 0 aliphatic rings. The Labute approximate surface area is 140 Å². The lowest BCUT2D eigenvalue weighted by Crippen LogP contribution is -2.22. The van der Waals surface area contributed by atoms with Gasteiger partial charge in [0.25, 0.3) is 0 Å². The minimum absolute atomic E-state index is 0.0740. The fraction of sp³-hybridized carbons (Fsp3) is 0.294. The zero-order valence-corrected chi connectivity index (χ0v) is 12.8. The van der Waals surface area contributed by atoms with Crippen molar-refractivity contribution < 1.29 is 35.8 Å². The van der Waals surface area contributed by atoms with Gasteiger partial charge < -0.3 is 9.47 Å². The van der Waals surface area contributed by atoms with Crippen LogP contribution >= 0.6 is 0 Å². The van der Waals surface area contributed by atoms with E-state index in [1.807, 2.05) is 0 Å². The van der Waals surface area contributed by atoms with Crippen LogP contribution in [-0.4, -0.2) is 12.8 Å². The number of ether oxygens (including phenoxy) is 2. The van der Waals surface area contributed by atoms with Crippen molar-refractivity contribution in [2.24, 2.45) is 0 Å². The highest BCUT2D eigenvalue weighted by atomic mass is 19.4. The van der Waals surface area contributed by atoms with Gasteiger partial charge in [-0.25, -0.2) is 4.39 Å². The lowest BCUT2D eigenvalue weighted by Gasteiger charge is -2.19. The second-order valence-electron chi connectivity index (χ2n) is 5.14. The van der Waals surface area contributed by atoms with E-state index < -0.39 is 35.8 Å². The van der Waals surface area contributed by atoms with Crippen molar-refractivity contribution in [2.45, 2.75) is 25.1 Å². The number of hydrogen-bond acceptors (Lipinski definition) is 2. The van der Waals surface area contributed by atoms with E-state index in [-0.39, 0.29) is 18.8 Å². The molecule has 2 nitrogen and oxygen atoms in total. The summed E-state index contributed by atoms with van der Waals surface area (Å²) in [7, 11) is 0. The molecule has 2 aromatic carbocycles. The summed E-state index contributed by atoms with van der Waals surface area (Å²) in [5.41, 5.74) is -0.443. The van der Waals surface area contributed by atoms with Gasteiger partial charge in [0.05, 0.1) is 12.2 Å². The molecule has 0 amide bonds. The molecule has 0 N–H and O–H groups in total. The summed E-state index contributed by atoms with van der Waals surface area (Å²) < 4.78 is 87.2. The first-order valence-corrected chi connectivity index (χ1v) is 7.29. The number of benzene rings is 2. The average molecular weight is 364 g/mol. The van der Waals surface area contributed by atoms with Gasteiger partial charge in [-0.1, -0.05) is 18.2 Å². The smallest absolute Gasteiger partial charge is 0.426 e. The molecule has 8 heteroatoms. The molecule has 2 rings (SSSR count). The molecule has 0 radical (unpaired) electrons. The fourth-order valence-corrected chi connectivity index (χ4v) is 1.95. The maximum Gasteiger partial charge on any atom is 0.426 e. The third kappa shape index (κ3) is 5.88. The Balaban J connectivity index is 1.97. The fourth-order valence-electron chi connectivity index (χ4n) is 1.95. The van der Waals surface area contributed by atoms with Crippen LogP contribution in [-0.2, 0) is 6.11 Å². The first kappa shape index (κ1) is 19.0. The van der Waals surface area contributed by atoms with Gasteiger partial charge in [0, 0.05) is 12.5 Å². The van der Waals surface area contributed by atoms with E-state index in [4.69, 9.17) is 4.74 Å². The zero-order chi connectivity index (χ0) is 18.5. The number of alkyl halides is 5. The lowest BCUT2D eigenvalue weighted by atomic mass is 10.2. The maximum absolute atomic E-state index is 14.0. The van der Waals surface area contributed by atoms with Gasteiger partial charge in [-0.2, -0.15) is 22.0 Å². The quantitative estimate of drug-likeness (QED) is 0.465. The number of hydrogen-bond donors (Lipinski definition) is 0. The van der Waals surface area contributed by atoms with Crippen molar-refractivity contribution in [1.82, 2.24) is 0 Å². The molecule has 0 atom stereocenters. The summed E-state index contributed by atoms with van der Waals surface area (Å²) in [6, 6.07) is 9.46. The van der Waals surface area contributed by atoms with E-state index in [9.17, 15) is 26.3 Å². The van der Waals surface area contributed by atoms with Crippen LogP contribution in [0.2, 0.25) is 0 Å². The highest BCUT2D eigenvalue weighted by molar-refractivity contribution is 5.34. The average Bonchev–Trinajstić information content (AvgIpc) is 2.54. The van der Waals surface area contributed by atoms with Gasteiger partial charge in [-0.3, -0.25) is 0 Å². The normalized spacial score (nSPS) is 12.1. The van der Waals surface area contributed by atoms with Crippen LogP contribution in [0.1, 0.15) is 18.4 Å². The van der Waals surface area contributed by atoms with Gasteiger partial charge in [-0.05, 0) is 30.7 Å². The Bertz CT molecular complexity index is 685. The first-order chi connectivity index (χ1) is 11.7. The predicted octanol–water partition coefficient (Wildman–Crippen LogP) is 5.68. The molecule has 2 aromatic rings. The summed E-state index contributed by atoms with van der Waals surface area (Å²) in [6.45, 7) is -0.278. The van der Waals surface area contributed by atoms with Crippen LogP contribution in [0, 0.1) is 5.82 Å². The van der Waals surface area contributed by atoms with Crippen molar-refractivity contribution in [3.8, 4) is 11.5 Å². The van der Waals surface area contributed by atoms with Crippen LogP contribution in [0.5, 0.6) is 11.5 Å². The van der Waals surface area contributed by atoms with E-state index in [1.54, 1.807) is 6.07 Å². The molecule has 0 aliphatic carbocycles. The van der Waals surface area contributed by atoms with Gasteiger partial charge in [0.1, 0.15) is 5.75 Å². The van der Waals surface area contributed by atoms with Crippen LogP contribution in [0.3, 0.4) is 0 Å². The Hall–Kier alpha value is -2.38. The van der Waals surface area contributed by atoms with Gasteiger partial charge in [0.15, 0.2) is 11.6 Å². The first-order valence-electron chi connectivity index (χ1n) is 7.29. The monoisotopic (exact) mass is 364 g/mol. The second kappa shape index (κ2) is 7.67. The number of halogens is 6. The van der Waals surface area contributed by atoms with Crippen LogP contribution in [0.15, 0.2) is 48.5 Å². The Morgan fingerprint density at radius 1 is 0.880 bits per heavy atom. The van der Waals surface area contributed by atoms with E-state index in [1.165, 1.54) is 12.1 Å². The molecule has 0 saturated heterocycles. The van der Waals surface area contributed by atoms with Crippen molar-refractivity contribution in [2.75, 3.05) is 6.61 Å². The summed E-state index contributed by atoms with van der Waals surface area (Å²) in [5, 5.41) is 0. The van der Waals surface area contributed by atoms with Crippen molar-refractivity contribution in [3.05, 3.63) is 59.9 Å². The molecular weight excluding hydrogens is 350 g/mol. The molecule has 0 aliphatic heterocycles. The van der Waals surface area contributed by atoms with Crippen LogP contribution in [0.4, 0.5) is 26.3 Å². The van der Waals surface area contributed by atoms with E-state index >= 15 is 0 Å². The molecule has 136 valence electrons. The second-order valence-corrected chi connectivity index (χ2v) is 5.14. The van der Waals surface area contributed by atoms with Crippen molar-refractivity contribution >= 4 is 0 Å². The third-order valence-electron chi connectivity index (χ3n) is 3.12. The summed E-state index contributed by atoms with van der Waals surface area (Å²) in [4.78, 5) is 0. The van der Waals surface area contributed by atoms with E-state index in [2.05, 4.69) is 4.74 Å². The topological polar surface area (TPSA) is 18.5 Å². The van der Waals surface area contributed by atoms with Crippen LogP contribution in [0.25, 0.3) is 0 Å². The standard InChI is InChI=1S/C17H14F6O2/c18-14-11-13(24-10-4-9-16(19,20)21)7-8-15(14)25-17(22,23)12-5-2-1-3-6-12/h1-3,5-8,11H,4,9-10H2. The number of rotatable bonds is 7. The van der Waals surface area contributed by atoms with Gasteiger partial charge in [0.2, 0.25) is 0 Å². The van der Waals surface area contributed by atoms with E-state index in [0.717, 1.165) is 30.3 Å². The van der Waals surface area contributed by atoms with E-state index in [0.29, 0.717) is 0 Å². The summed E-state index contributed by atoms with van der Waals surface area (Å²) in [6.07, 6.45) is -9.36. The van der Waals surface area contributed by atoms with Crippen molar-refractivity contribution in [3.63, 3.8) is 0 Å². The Kier molecular flexibility index (Phi) is 5.81. The van der Waals surface area contributed by atoms with Gasteiger partial charge in [-0.15, -0.1) is 0 Å². The van der Waals surface area contributed by atoms with Crippen molar-refractivity contribution in [1.29, 1.82) is 0 Å². The molecule has 0 heterocycles. The minimum Gasteiger partial charge on any atom is -0.493 e. The largest absolute Gasteiger partial charge is 0.493 e. The minimum atomic E-state index is -4.30. The third-order valence-corrected chi connectivity index (χ3v) is 3.12. The molecule has 0 saturated carbocycles. The predicted molar refractivity (Wildman–Crippen MR) is 78.1 cm³/mol. The summed E-state index contributed by atoms with van der Waals surface area (Å²) >= 11 is 0. The Morgan fingerprint density at radius 3 is 2.16 bits per heavy atom. The molecular formula is C17H14F6O2. The Morgan fingerprint density at radius 2 is 1.56 bits per heavy atom. The lowest BCUT2D eigenvalue weighted by molar-refractivity contribution is -0.186. The van der Waals surface area contributed by atoms with Crippen LogP contribution < -0.4 is 9.47 Å². The zero-order valence-electron chi connectivity index (χ0n) is 12.8. The molecule has 0 spiro atoms. The SMILES string of the molecule is Fc1cc(OCCCC(F)(F)F)ccc1OC(F)(F)c1ccccc1. The molecule has 0 bridgehead atoms. The summed E-state index contributed by atoms with van der Waals surface area (Å²) in [5.74, 6) is -1.88. The van der Waals surface area contributed by atoms with Gasteiger partial charge >= 0.3 is 12.3 Å².